The van der Waals surface area contributed by atoms with E-state index in [9.17, 15) is 0 Å². The molecule has 1 N–H and O–H groups in total. The van der Waals surface area contributed by atoms with Gasteiger partial charge >= 0.3 is 0 Å². The van der Waals surface area contributed by atoms with Crippen LogP contribution in [0.15, 0.2) is 0 Å². The summed E-state index contributed by atoms with van der Waals surface area (Å²) < 4.78 is 0. The van der Waals surface area contributed by atoms with Gasteiger partial charge in [0.15, 0.2) is 0 Å². The van der Waals surface area contributed by atoms with Crippen LogP contribution in [-0.2, 0) is 0 Å². The molecule has 0 amide bonds. The van der Waals surface area contributed by atoms with Gasteiger partial charge in [-0.3, -0.25) is 4.90 Å². The first-order valence-corrected chi connectivity index (χ1v) is 8.92. The third-order valence-corrected chi connectivity index (χ3v) is 5.14. The largest absolute Gasteiger partial charge is 0.317 e. The topological polar surface area (TPSA) is 15.3 Å². The lowest BCUT2D eigenvalue weighted by molar-refractivity contribution is 0.100. The minimum Gasteiger partial charge on any atom is -0.317 e. The van der Waals surface area contributed by atoms with E-state index in [0.717, 1.165) is 29.8 Å². The molecule has 1 fully saturated rings. The highest BCUT2D eigenvalue weighted by molar-refractivity contribution is 4.86. The van der Waals surface area contributed by atoms with Crippen LogP contribution >= 0.6 is 0 Å². The molecule has 0 heterocycles. The van der Waals surface area contributed by atoms with Crippen molar-refractivity contribution in [2.75, 3.05) is 20.1 Å². The lowest BCUT2D eigenvalue weighted by Gasteiger charge is -2.41. The number of nitrogens with one attached hydrogen (secondary N) is 1. The summed E-state index contributed by atoms with van der Waals surface area (Å²) in [6.07, 6.45) is 6.74. The van der Waals surface area contributed by atoms with E-state index in [1.165, 1.54) is 45.2 Å². The second-order valence-corrected chi connectivity index (χ2v) is 7.39. The quantitative estimate of drug-likeness (QED) is 0.719. The Labute approximate surface area is 127 Å². The molecule has 0 spiro atoms. The van der Waals surface area contributed by atoms with Crippen molar-refractivity contribution in [3.05, 3.63) is 0 Å². The summed E-state index contributed by atoms with van der Waals surface area (Å²) >= 11 is 0. The molecule has 2 heteroatoms. The van der Waals surface area contributed by atoms with Crippen LogP contribution in [-0.4, -0.2) is 37.1 Å². The maximum Gasteiger partial charge on any atom is 0.0105 e. The lowest BCUT2D eigenvalue weighted by atomic mass is 9.78. The zero-order valence-corrected chi connectivity index (χ0v) is 14.8. The summed E-state index contributed by atoms with van der Waals surface area (Å²) in [5.41, 5.74) is 0. The fraction of sp³-hybridized carbons (Fsp3) is 1.00. The Morgan fingerprint density at radius 2 is 1.80 bits per heavy atom. The zero-order valence-electron chi connectivity index (χ0n) is 14.8. The third kappa shape index (κ3) is 5.37. The third-order valence-electron chi connectivity index (χ3n) is 5.14. The van der Waals surface area contributed by atoms with Crippen molar-refractivity contribution in [3.8, 4) is 0 Å². The Hall–Kier alpha value is -0.0800. The molecule has 0 bridgehead atoms. The van der Waals surface area contributed by atoms with Crippen LogP contribution in [0, 0.1) is 17.8 Å². The molecule has 1 aliphatic carbocycles. The predicted octanol–water partition coefficient (Wildman–Crippen LogP) is 4.16. The van der Waals surface area contributed by atoms with Gasteiger partial charge in [0, 0.05) is 25.2 Å². The number of nitrogens with zero attached hydrogens (tertiary/aromatic N) is 1. The molecular weight excluding hydrogens is 244 g/mol. The van der Waals surface area contributed by atoms with Gasteiger partial charge in [0.05, 0.1) is 0 Å². The normalized spacial score (nSPS) is 27.8. The summed E-state index contributed by atoms with van der Waals surface area (Å²) in [4.78, 5) is 2.79. The Kier molecular flexibility index (Phi) is 8.13. The highest BCUT2D eigenvalue weighted by Gasteiger charge is 2.30. The molecule has 2 nitrogen and oxygen atoms in total. The van der Waals surface area contributed by atoms with Crippen LogP contribution < -0.4 is 5.32 Å². The minimum absolute atomic E-state index is 0.732. The van der Waals surface area contributed by atoms with Crippen molar-refractivity contribution in [2.24, 2.45) is 17.8 Å². The Bertz CT molecular complexity index is 248. The SMILES string of the molecule is CCC(CC)N(CC(C)C)CC1CC(C)CCC1NC. The molecule has 3 unspecified atom stereocenters. The van der Waals surface area contributed by atoms with Gasteiger partial charge in [0.1, 0.15) is 0 Å². The van der Waals surface area contributed by atoms with E-state index in [-0.39, 0.29) is 0 Å². The smallest absolute Gasteiger partial charge is 0.0105 e. The Morgan fingerprint density at radius 1 is 1.15 bits per heavy atom. The Morgan fingerprint density at radius 3 is 2.30 bits per heavy atom. The van der Waals surface area contributed by atoms with Crippen molar-refractivity contribution >= 4 is 0 Å². The first kappa shape index (κ1) is 18.0. The lowest BCUT2D eigenvalue weighted by Crippen LogP contribution is -2.47. The fourth-order valence-corrected chi connectivity index (χ4v) is 4.03. The first-order valence-electron chi connectivity index (χ1n) is 8.92. The second-order valence-electron chi connectivity index (χ2n) is 7.39. The van der Waals surface area contributed by atoms with Gasteiger partial charge in [-0.15, -0.1) is 0 Å². The second kappa shape index (κ2) is 9.04. The summed E-state index contributed by atoms with van der Waals surface area (Å²) in [7, 11) is 2.15. The molecule has 120 valence electrons. The van der Waals surface area contributed by atoms with E-state index in [2.05, 4.69) is 51.9 Å². The molecule has 20 heavy (non-hydrogen) atoms. The van der Waals surface area contributed by atoms with Crippen LogP contribution in [0.4, 0.5) is 0 Å². The van der Waals surface area contributed by atoms with E-state index in [1.807, 2.05) is 0 Å². The van der Waals surface area contributed by atoms with Crippen molar-refractivity contribution in [1.82, 2.24) is 10.2 Å². The van der Waals surface area contributed by atoms with E-state index in [4.69, 9.17) is 0 Å². The van der Waals surface area contributed by atoms with Gasteiger partial charge in [-0.1, -0.05) is 34.6 Å². The summed E-state index contributed by atoms with van der Waals surface area (Å²) in [5.74, 6) is 2.51. The molecular formula is C18H38N2. The minimum atomic E-state index is 0.732. The van der Waals surface area contributed by atoms with Crippen molar-refractivity contribution in [3.63, 3.8) is 0 Å². The monoisotopic (exact) mass is 282 g/mol. The van der Waals surface area contributed by atoms with Gasteiger partial charge in [-0.05, 0) is 56.9 Å². The van der Waals surface area contributed by atoms with Crippen molar-refractivity contribution < 1.29 is 0 Å². The number of rotatable bonds is 8. The molecule has 0 aromatic carbocycles. The molecule has 1 saturated carbocycles. The molecule has 0 radical (unpaired) electrons. The van der Waals surface area contributed by atoms with Gasteiger partial charge in [0.25, 0.3) is 0 Å². The summed E-state index contributed by atoms with van der Waals surface area (Å²) in [5, 5.41) is 3.58. The molecule has 1 rings (SSSR count). The van der Waals surface area contributed by atoms with Gasteiger partial charge in [0.2, 0.25) is 0 Å². The summed E-state index contributed by atoms with van der Waals surface area (Å²) in [6.45, 7) is 14.4. The van der Waals surface area contributed by atoms with Crippen molar-refractivity contribution in [1.29, 1.82) is 0 Å². The van der Waals surface area contributed by atoms with Crippen LogP contribution in [0.5, 0.6) is 0 Å². The van der Waals surface area contributed by atoms with Crippen LogP contribution in [0.25, 0.3) is 0 Å². The highest BCUT2D eigenvalue weighted by atomic mass is 15.2. The zero-order chi connectivity index (χ0) is 15.1. The van der Waals surface area contributed by atoms with Crippen LogP contribution in [0.1, 0.15) is 66.7 Å². The molecule has 3 atom stereocenters. The number of hydrogen-bond acceptors (Lipinski definition) is 2. The maximum atomic E-state index is 3.58. The number of hydrogen-bond donors (Lipinski definition) is 1. The average Bonchev–Trinajstić information content (AvgIpc) is 2.39. The fourth-order valence-electron chi connectivity index (χ4n) is 4.03. The van der Waals surface area contributed by atoms with Gasteiger partial charge in [-0.2, -0.15) is 0 Å². The molecule has 0 aliphatic heterocycles. The standard InChI is InChI=1S/C18H38N2/c1-7-17(8-2)20(12-14(3)4)13-16-11-15(5)9-10-18(16)19-6/h14-19H,7-13H2,1-6H3. The highest BCUT2D eigenvalue weighted by Crippen LogP contribution is 2.30. The first-order chi connectivity index (χ1) is 9.51. The average molecular weight is 283 g/mol. The molecule has 0 aromatic rings. The predicted molar refractivity (Wildman–Crippen MR) is 90.1 cm³/mol. The van der Waals surface area contributed by atoms with E-state index in [1.54, 1.807) is 0 Å². The van der Waals surface area contributed by atoms with E-state index >= 15 is 0 Å². The van der Waals surface area contributed by atoms with E-state index < -0.39 is 0 Å². The Balaban J connectivity index is 2.69. The molecule has 0 saturated heterocycles. The molecule has 1 aliphatic rings. The molecule has 0 aromatic heterocycles. The summed E-state index contributed by atoms with van der Waals surface area (Å²) in [6, 6.07) is 1.50. The van der Waals surface area contributed by atoms with Crippen LogP contribution in [0.2, 0.25) is 0 Å². The van der Waals surface area contributed by atoms with Crippen LogP contribution in [0.3, 0.4) is 0 Å². The van der Waals surface area contributed by atoms with E-state index in [0.29, 0.717) is 0 Å². The van der Waals surface area contributed by atoms with Crippen molar-refractivity contribution in [2.45, 2.75) is 78.8 Å². The van der Waals surface area contributed by atoms with Gasteiger partial charge in [-0.25, -0.2) is 0 Å². The maximum absolute atomic E-state index is 3.58. The van der Waals surface area contributed by atoms with Gasteiger partial charge < -0.3 is 5.32 Å².